The Balaban J connectivity index is 2.09. The molecule has 0 aliphatic rings. The number of carbonyl (C=O) groups is 2. The van der Waals surface area contributed by atoms with E-state index < -0.39 is 27.1 Å². The third-order valence-electron chi connectivity index (χ3n) is 5.76. The van der Waals surface area contributed by atoms with Crippen LogP contribution in [0.2, 0.25) is 5.54 Å². The molecule has 4 rings (SSSR count). The fraction of sp³-hybridized carbons (Fsp3) is 0.231. The minimum atomic E-state index is -0.824. The molecule has 0 saturated carbocycles. The number of nitrogens with two attached hydrogens (primary N) is 1. The minimum absolute atomic E-state index is 0.331. The van der Waals surface area contributed by atoms with Gasteiger partial charge in [-0.25, -0.2) is 0 Å². The monoisotopic (exact) mass is 460 g/mol. The van der Waals surface area contributed by atoms with Crippen LogP contribution in [0.4, 0.5) is 0 Å². The summed E-state index contributed by atoms with van der Waals surface area (Å²) in [5, 5.41) is 12.2. The molecule has 3 N–H and O–H groups in total. The lowest BCUT2D eigenvalue weighted by Gasteiger charge is -2.16. The van der Waals surface area contributed by atoms with Crippen molar-refractivity contribution < 1.29 is 19.4 Å². The van der Waals surface area contributed by atoms with Gasteiger partial charge >= 0.3 is 5.97 Å². The first kappa shape index (κ1) is 22.8. The Morgan fingerprint density at radius 1 is 1.03 bits per heavy atom. The van der Waals surface area contributed by atoms with Crippen molar-refractivity contribution in [3.8, 4) is 5.75 Å². The Bertz CT molecular complexity index is 1350. The van der Waals surface area contributed by atoms with Crippen LogP contribution in [0.1, 0.15) is 48.0 Å². The van der Waals surface area contributed by atoms with Crippen molar-refractivity contribution in [2.45, 2.75) is 38.6 Å². The third kappa shape index (κ3) is 4.55. The SMILES string of the molecule is CC(=O)Oc1cc(C(O)[SiH2]C(C)C)cc2c1c1c(C(N)=O)cccc1n2Cc1ccccc1. The molecule has 1 atom stereocenters. The Hall–Kier alpha value is -3.42. The summed E-state index contributed by atoms with van der Waals surface area (Å²) in [5.41, 5.74) is 9.33. The van der Waals surface area contributed by atoms with Gasteiger partial charge in [0.05, 0.1) is 31.7 Å². The Morgan fingerprint density at radius 2 is 1.76 bits per heavy atom. The molecule has 4 aromatic rings. The minimum Gasteiger partial charge on any atom is -0.426 e. The summed E-state index contributed by atoms with van der Waals surface area (Å²) < 4.78 is 7.72. The van der Waals surface area contributed by atoms with E-state index >= 15 is 0 Å². The second-order valence-corrected chi connectivity index (χ2v) is 11.7. The van der Waals surface area contributed by atoms with E-state index in [1.54, 1.807) is 18.2 Å². The molecule has 170 valence electrons. The first-order valence-electron chi connectivity index (χ1n) is 11.0. The number of primary amides is 1. The van der Waals surface area contributed by atoms with Crippen molar-refractivity contribution in [2.24, 2.45) is 5.73 Å². The summed E-state index contributed by atoms with van der Waals surface area (Å²) >= 11 is 0. The maximum Gasteiger partial charge on any atom is 0.308 e. The van der Waals surface area contributed by atoms with Crippen molar-refractivity contribution in [2.75, 3.05) is 0 Å². The number of esters is 1. The van der Waals surface area contributed by atoms with Crippen LogP contribution in [-0.2, 0) is 11.3 Å². The van der Waals surface area contributed by atoms with Crippen LogP contribution in [0.15, 0.2) is 60.7 Å². The number of nitrogens with zero attached hydrogens (tertiary/aromatic N) is 1. The first-order chi connectivity index (χ1) is 15.8. The molecular formula is C26H28N2O4Si. The van der Waals surface area contributed by atoms with E-state index in [0.29, 0.717) is 34.2 Å². The summed E-state index contributed by atoms with van der Waals surface area (Å²) in [6.45, 7) is 6.10. The molecule has 0 fully saturated rings. The van der Waals surface area contributed by atoms with Gasteiger partial charge in [0.2, 0.25) is 5.91 Å². The third-order valence-corrected chi connectivity index (χ3v) is 7.62. The number of benzene rings is 3. The average Bonchev–Trinajstić information content (AvgIpc) is 3.07. The van der Waals surface area contributed by atoms with Gasteiger partial charge in [0.1, 0.15) is 5.75 Å². The van der Waals surface area contributed by atoms with Gasteiger partial charge in [-0.3, -0.25) is 9.59 Å². The quantitative estimate of drug-likeness (QED) is 0.249. The van der Waals surface area contributed by atoms with Crippen molar-refractivity contribution in [3.05, 3.63) is 77.4 Å². The van der Waals surface area contributed by atoms with Crippen LogP contribution in [0, 0.1) is 0 Å². The molecule has 1 aromatic heterocycles. The zero-order chi connectivity index (χ0) is 23.7. The van der Waals surface area contributed by atoms with E-state index in [9.17, 15) is 14.7 Å². The van der Waals surface area contributed by atoms with Crippen LogP contribution in [0.3, 0.4) is 0 Å². The molecular weight excluding hydrogens is 432 g/mol. The van der Waals surface area contributed by atoms with Crippen LogP contribution >= 0.6 is 0 Å². The molecule has 1 amide bonds. The number of carbonyl (C=O) groups excluding carboxylic acids is 2. The summed E-state index contributed by atoms with van der Waals surface area (Å²) in [4.78, 5) is 24.3. The molecule has 0 spiro atoms. The van der Waals surface area contributed by atoms with Crippen LogP contribution in [-0.4, -0.2) is 31.1 Å². The predicted octanol–water partition coefficient (Wildman–Crippen LogP) is 3.86. The average molecular weight is 461 g/mol. The molecule has 0 bridgehead atoms. The molecule has 3 aromatic carbocycles. The topological polar surface area (TPSA) is 94.6 Å². The molecule has 0 saturated heterocycles. The summed E-state index contributed by atoms with van der Waals surface area (Å²) in [7, 11) is -0.824. The highest BCUT2D eigenvalue weighted by molar-refractivity contribution is 6.38. The summed E-state index contributed by atoms with van der Waals surface area (Å²) in [6, 6.07) is 19.1. The molecule has 7 heteroatoms. The molecule has 6 nitrogen and oxygen atoms in total. The fourth-order valence-electron chi connectivity index (χ4n) is 4.40. The van der Waals surface area contributed by atoms with E-state index in [1.165, 1.54) is 6.92 Å². The lowest BCUT2D eigenvalue weighted by Crippen LogP contribution is -2.12. The number of aromatic nitrogens is 1. The van der Waals surface area contributed by atoms with E-state index in [4.69, 9.17) is 10.5 Å². The largest absolute Gasteiger partial charge is 0.426 e. The molecule has 33 heavy (non-hydrogen) atoms. The maximum absolute atomic E-state index is 12.3. The van der Waals surface area contributed by atoms with Gasteiger partial charge in [-0.15, -0.1) is 0 Å². The predicted molar refractivity (Wildman–Crippen MR) is 133 cm³/mol. The standard InChI is InChI=1S/C26H28N2O4Si/c1-15(2)33-26(31)18-12-21-24(22(13-18)32-16(3)29)23-19(25(27)30)10-7-11-20(23)28(21)14-17-8-5-4-6-9-17/h4-13,15,26,31H,14,33H2,1-3H3,(H2,27,30). The van der Waals surface area contributed by atoms with Gasteiger partial charge < -0.3 is 20.1 Å². The lowest BCUT2D eigenvalue weighted by molar-refractivity contribution is -0.131. The molecule has 1 heterocycles. The number of fused-ring (bicyclic) bond motifs is 3. The van der Waals surface area contributed by atoms with Crippen LogP contribution in [0.25, 0.3) is 21.8 Å². The van der Waals surface area contributed by atoms with Gasteiger partial charge in [0.25, 0.3) is 0 Å². The number of rotatable bonds is 7. The smallest absolute Gasteiger partial charge is 0.308 e. The number of amides is 1. The number of aliphatic hydroxyl groups is 1. The number of ether oxygens (including phenoxy) is 1. The molecule has 1 unspecified atom stereocenters. The highest BCUT2D eigenvalue weighted by atomic mass is 28.2. The molecule has 0 radical (unpaired) electrons. The van der Waals surface area contributed by atoms with Crippen molar-refractivity contribution in [1.82, 2.24) is 4.57 Å². The zero-order valence-electron chi connectivity index (χ0n) is 19.0. The van der Waals surface area contributed by atoms with Gasteiger partial charge in [-0.1, -0.05) is 55.8 Å². The molecule has 0 aliphatic heterocycles. The van der Waals surface area contributed by atoms with Gasteiger partial charge in [0.15, 0.2) is 0 Å². The Morgan fingerprint density at radius 3 is 2.39 bits per heavy atom. The van der Waals surface area contributed by atoms with E-state index in [0.717, 1.165) is 22.2 Å². The zero-order valence-corrected chi connectivity index (χ0v) is 20.5. The Kier molecular flexibility index (Phi) is 6.35. The number of hydrogen-bond acceptors (Lipinski definition) is 4. The number of hydrogen-bond donors (Lipinski definition) is 2. The highest BCUT2D eigenvalue weighted by Crippen LogP contribution is 2.40. The highest BCUT2D eigenvalue weighted by Gasteiger charge is 2.23. The van der Waals surface area contributed by atoms with E-state index in [1.807, 2.05) is 42.5 Å². The van der Waals surface area contributed by atoms with Gasteiger partial charge in [-0.05, 0) is 35.4 Å². The summed E-state index contributed by atoms with van der Waals surface area (Å²) in [5.74, 6) is -0.689. The Labute approximate surface area is 194 Å². The fourth-order valence-corrected chi connectivity index (χ4v) is 5.80. The van der Waals surface area contributed by atoms with Crippen LogP contribution < -0.4 is 10.5 Å². The number of aliphatic hydroxyl groups excluding tert-OH is 1. The van der Waals surface area contributed by atoms with Gasteiger partial charge in [-0.2, -0.15) is 0 Å². The van der Waals surface area contributed by atoms with Crippen molar-refractivity contribution in [3.63, 3.8) is 0 Å². The van der Waals surface area contributed by atoms with Crippen LogP contribution in [0.5, 0.6) is 5.75 Å². The second-order valence-electron chi connectivity index (χ2n) is 8.79. The molecule has 0 aliphatic carbocycles. The van der Waals surface area contributed by atoms with Crippen molar-refractivity contribution in [1.29, 1.82) is 0 Å². The van der Waals surface area contributed by atoms with Gasteiger partial charge in [0, 0.05) is 24.4 Å². The second kappa shape index (κ2) is 9.21. The normalized spacial score (nSPS) is 12.8. The van der Waals surface area contributed by atoms with Crippen molar-refractivity contribution >= 4 is 43.2 Å². The summed E-state index contributed by atoms with van der Waals surface area (Å²) in [6.07, 6.45) is 0. The maximum atomic E-state index is 12.3. The first-order valence-corrected chi connectivity index (χ1v) is 12.7. The van der Waals surface area contributed by atoms with E-state index in [-0.39, 0.29) is 0 Å². The van der Waals surface area contributed by atoms with E-state index in [2.05, 4.69) is 18.4 Å². The lowest BCUT2D eigenvalue weighted by atomic mass is 10.0.